The van der Waals surface area contributed by atoms with Crippen molar-refractivity contribution in [3.05, 3.63) is 59.2 Å². The van der Waals surface area contributed by atoms with Crippen LogP contribution in [-0.4, -0.2) is 11.7 Å². The summed E-state index contributed by atoms with van der Waals surface area (Å²) in [4.78, 5) is 0. The van der Waals surface area contributed by atoms with Crippen molar-refractivity contribution in [2.24, 2.45) is 0 Å². The summed E-state index contributed by atoms with van der Waals surface area (Å²) in [6, 6.07) is 13.8. The average Bonchev–Trinajstić information content (AvgIpc) is 2.54. The average molecular weight is 313 g/mol. The molecule has 0 saturated carbocycles. The van der Waals surface area contributed by atoms with Crippen LogP contribution in [0.25, 0.3) is 0 Å². The molecular weight excluding hydrogens is 286 g/mol. The number of aryl methyl sites for hydroxylation is 1. The first-order chi connectivity index (χ1) is 10.8. The molecule has 3 heteroatoms. The molecule has 2 rings (SSSR count). The molecule has 23 heavy (non-hydrogen) atoms. The van der Waals surface area contributed by atoms with Crippen molar-refractivity contribution in [2.45, 2.75) is 45.6 Å². The fraction of sp³-hybridized carbons (Fsp3) is 0.400. The molecule has 0 saturated heterocycles. The summed E-state index contributed by atoms with van der Waals surface area (Å²) >= 11 is 0. The number of benzene rings is 2. The molecule has 0 aromatic heterocycles. The Bertz CT molecular complexity index is 647. The van der Waals surface area contributed by atoms with E-state index in [1.807, 2.05) is 37.3 Å². The molecule has 1 atom stereocenters. The smallest absolute Gasteiger partial charge is 0.142 e. The SMILES string of the molecule is CCC(C)(C)c1ccc(C(O)COc2ccc(C)cc2N)cc1. The molecule has 3 N–H and O–H groups in total. The summed E-state index contributed by atoms with van der Waals surface area (Å²) in [5, 5.41) is 10.3. The van der Waals surface area contributed by atoms with Crippen LogP contribution in [0.5, 0.6) is 5.75 Å². The van der Waals surface area contributed by atoms with Gasteiger partial charge in [0.25, 0.3) is 0 Å². The molecule has 2 aromatic rings. The number of nitrogens with two attached hydrogens (primary N) is 1. The van der Waals surface area contributed by atoms with Crippen molar-refractivity contribution < 1.29 is 9.84 Å². The number of aliphatic hydroxyl groups excluding tert-OH is 1. The molecule has 0 radical (unpaired) electrons. The number of rotatable bonds is 6. The first-order valence-corrected chi connectivity index (χ1v) is 8.11. The Hall–Kier alpha value is -2.00. The topological polar surface area (TPSA) is 55.5 Å². The van der Waals surface area contributed by atoms with Gasteiger partial charge in [0.2, 0.25) is 0 Å². The number of hydrogen-bond acceptors (Lipinski definition) is 3. The molecule has 1 unspecified atom stereocenters. The van der Waals surface area contributed by atoms with Crippen LogP contribution in [0.4, 0.5) is 5.69 Å². The molecule has 0 fully saturated rings. The summed E-state index contributed by atoms with van der Waals surface area (Å²) in [5.41, 5.74) is 9.88. The molecular formula is C20H27NO2. The van der Waals surface area contributed by atoms with Gasteiger partial charge < -0.3 is 15.6 Å². The number of aliphatic hydroxyl groups is 1. The van der Waals surface area contributed by atoms with E-state index in [-0.39, 0.29) is 12.0 Å². The quantitative estimate of drug-likeness (QED) is 0.778. The van der Waals surface area contributed by atoms with E-state index in [0.29, 0.717) is 11.4 Å². The highest BCUT2D eigenvalue weighted by Crippen LogP contribution is 2.28. The predicted octanol–water partition coefficient (Wildman–Crippen LogP) is 4.38. The van der Waals surface area contributed by atoms with Gasteiger partial charge in [-0.15, -0.1) is 0 Å². The molecule has 0 bridgehead atoms. The minimum absolute atomic E-state index is 0.149. The van der Waals surface area contributed by atoms with Gasteiger partial charge in [-0.2, -0.15) is 0 Å². The van der Waals surface area contributed by atoms with E-state index in [1.54, 1.807) is 0 Å². The Labute approximate surface area is 139 Å². The zero-order chi connectivity index (χ0) is 17.0. The van der Waals surface area contributed by atoms with Crippen LogP contribution in [0.15, 0.2) is 42.5 Å². The van der Waals surface area contributed by atoms with Crippen molar-refractivity contribution in [2.75, 3.05) is 12.3 Å². The number of anilines is 1. The van der Waals surface area contributed by atoms with Crippen LogP contribution in [0.2, 0.25) is 0 Å². The lowest BCUT2D eigenvalue weighted by atomic mass is 9.82. The Kier molecular flexibility index (Phi) is 5.32. The van der Waals surface area contributed by atoms with Crippen LogP contribution in [0, 0.1) is 6.92 Å². The second-order valence-electron chi connectivity index (χ2n) is 6.73. The Balaban J connectivity index is 2.02. The van der Waals surface area contributed by atoms with Crippen molar-refractivity contribution in [3.8, 4) is 5.75 Å². The number of hydrogen-bond donors (Lipinski definition) is 2. The zero-order valence-corrected chi connectivity index (χ0v) is 14.5. The van der Waals surface area contributed by atoms with Gasteiger partial charge in [-0.05, 0) is 47.6 Å². The first-order valence-electron chi connectivity index (χ1n) is 8.11. The van der Waals surface area contributed by atoms with E-state index in [0.717, 1.165) is 17.5 Å². The predicted molar refractivity (Wildman–Crippen MR) is 95.8 cm³/mol. The second-order valence-corrected chi connectivity index (χ2v) is 6.73. The van der Waals surface area contributed by atoms with E-state index < -0.39 is 6.10 Å². The standard InChI is InChI=1S/C20H27NO2/c1-5-20(3,4)16-9-7-15(8-10-16)18(22)13-23-19-11-6-14(2)12-17(19)21/h6-12,18,22H,5,13,21H2,1-4H3. The van der Waals surface area contributed by atoms with Gasteiger partial charge in [0.1, 0.15) is 18.5 Å². The van der Waals surface area contributed by atoms with Crippen molar-refractivity contribution >= 4 is 5.69 Å². The van der Waals surface area contributed by atoms with Crippen LogP contribution in [0.1, 0.15) is 50.0 Å². The Morgan fingerprint density at radius 3 is 2.35 bits per heavy atom. The van der Waals surface area contributed by atoms with Gasteiger partial charge in [-0.25, -0.2) is 0 Å². The molecule has 3 nitrogen and oxygen atoms in total. The van der Waals surface area contributed by atoms with E-state index in [9.17, 15) is 5.11 Å². The van der Waals surface area contributed by atoms with Gasteiger partial charge in [-0.3, -0.25) is 0 Å². The van der Waals surface area contributed by atoms with Crippen LogP contribution in [-0.2, 0) is 5.41 Å². The van der Waals surface area contributed by atoms with E-state index >= 15 is 0 Å². The normalized spacial score (nSPS) is 12.9. The van der Waals surface area contributed by atoms with E-state index in [4.69, 9.17) is 10.5 Å². The molecule has 2 aromatic carbocycles. The Morgan fingerprint density at radius 1 is 1.13 bits per heavy atom. The lowest BCUT2D eigenvalue weighted by Crippen LogP contribution is -2.16. The third kappa shape index (κ3) is 4.26. The van der Waals surface area contributed by atoms with Crippen LogP contribution < -0.4 is 10.5 Å². The fourth-order valence-corrected chi connectivity index (χ4v) is 2.42. The number of nitrogen functional groups attached to an aromatic ring is 1. The zero-order valence-electron chi connectivity index (χ0n) is 14.5. The molecule has 0 spiro atoms. The van der Waals surface area contributed by atoms with Crippen LogP contribution in [0.3, 0.4) is 0 Å². The minimum Gasteiger partial charge on any atom is -0.488 e. The molecule has 0 amide bonds. The van der Waals surface area contributed by atoms with E-state index in [2.05, 4.69) is 32.9 Å². The van der Waals surface area contributed by atoms with Crippen LogP contribution >= 0.6 is 0 Å². The monoisotopic (exact) mass is 313 g/mol. The van der Waals surface area contributed by atoms with Gasteiger partial charge in [0.15, 0.2) is 0 Å². The van der Waals surface area contributed by atoms with Crippen molar-refractivity contribution in [1.82, 2.24) is 0 Å². The minimum atomic E-state index is -0.672. The van der Waals surface area contributed by atoms with Gasteiger partial charge in [0.05, 0.1) is 5.69 Å². The maximum Gasteiger partial charge on any atom is 0.142 e. The molecule has 0 heterocycles. The first kappa shape index (κ1) is 17.4. The highest BCUT2D eigenvalue weighted by molar-refractivity contribution is 5.54. The van der Waals surface area contributed by atoms with Gasteiger partial charge in [0, 0.05) is 0 Å². The lowest BCUT2D eigenvalue weighted by Gasteiger charge is -2.24. The summed E-state index contributed by atoms with van der Waals surface area (Å²) in [7, 11) is 0. The van der Waals surface area contributed by atoms with Gasteiger partial charge >= 0.3 is 0 Å². The van der Waals surface area contributed by atoms with Crippen molar-refractivity contribution in [1.29, 1.82) is 0 Å². The molecule has 0 aliphatic carbocycles. The maximum absolute atomic E-state index is 10.3. The molecule has 124 valence electrons. The third-order valence-electron chi connectivity index (χ3n) is 4.52. The third-order valence-corrected chi connectivity index (χ3v) is 4.52. The molecule has 0 aliphatic rings. The Morgan fingerprint density at radius 2 is 1.78 bits per heavy atom. The second kappa shape index (κ2) is 7.05. The summed E-state index contributed by atoms with van der Waals surface area (Å²) in [6.07, 6.45) is 0.402. The largest absolute Gasteiger partial charge is 0.488 e. The lowest BCUT2D eigenvalue weighted by molar-refractivity contribution is 0.108. The maximum atomic E-state index is 10.3. The highest BCUT2D eigenvalue weighted by Gasteiger charge is 2.18. The number of ether oxygens (including phenoxy) is 1. The van der Waals surface area contributed by atoms with Gasteiger partial charge in [-0.1, -0.05) is 51.1 Å². The molecule has 0 aliphatic heterocycles. The summed E-state index contributed by atoms with van der Waals surface area (Å²) < 4.78 is 5.65. The fourth-order valence-electron chi connectivity index (χ4n) is 2.42. The summed E-state index contributed by atoms with van der Waals surface area (Å²) in [6.45, 7) is 8.80. The summed E-state index contributed by atoms with van der Waals surface area (Å²) in [5.74, 6) is 0.610. The van der Waals surface area contributed by atoms with Crippen molar-refractivity contribution in [3.63, 3.8) is 0 Å². The van der Waals surface area contributed by atoms with E-state index in [1.165, 1.54) is 5.56 Å². The highest BCUT2D eigenvalue weighted by atomic mass is 16.5.